The van der Waals surface area contributed by atoms with Gasteiger partial charge in [0.1, 0.15) is 35.9 Å². The van der Waals surface area contributed by atoms with Crippen molar-refractivity contribution in [3.05, 3.63) is 34.9 Å². The van der Waals surface area contributed by atoms with Crippen molar-refractivity contribution in [3.8, 4) is 23.5 Å². The minimum absolute atomic E-state index is 0.0472. The molecule has 232 valence electrons. The minimum Gasteiger partial charge on any atom is -0.506 e. The van der Waals surface area contributed by atoms with E-state index in [1.807, 2.05) is 0 Å². The molecule has 2 aromatic carbocycles. The van der Waals surface area contributed by atoms with Gasteiger partial charge in [0, 0.05) is 6.42 Å². The molecule has 3 heterocycles. The number of carbonyl (C=O) groups excluding carboxylic acids is 1. The van der Waals surface area contributed by atoms with Gasteiger partial charge in [0.2, 0.25) is 6.29 Å². The fourth-order valence-electron chi connectivity index (χ4n) is 7.10. The maximum Gasteiger partial charge on any atom is 0.335 e. The number of phenols is 1. The molecule has 1 saturated carbocycles. The first kappa shape index (κ1) is 31.1. The van der Waals surface area contributed by atoms with Crippen LogP contribution in [0.15, 0.2) is 18.2 Å². The molecule has 1 saturated heterocycles. The summed E-state index contributed by atoms with van der Waals surface area (Å²) in [6.07, 6.45) is 1.60. The van der Waals surface area contributed by atoms with Gasteiger partial charge < -0.3 is 39.7 Å². The van der Waals surface area contributed by atoms with Gasteiger partial charge in [0.25, 0.3) is 0 Å². The summed E-state index contributed by atoms with van der Waals surface area (Å²) in [5, 5.41) is 56.1. The van der Waals surface area contributed by atoms with E-state index in [0.29, 0.717) is 30.2 Å². The molecule has 0 aromatic heterocycles. The number of fused-ring (bicyclic) bond motifs is 5. The molecule has 2 fully saturated rings. The van der Waals surface area contributed by atoms with E-state index >= 15 is 0 Å². The fraction of sp³-hybridized carbons (Fsp3) is 0.576. The molecule has 4 aliphatic rings. The maximum atomic E-state index is 12.4. The molecule has 3 aliphatic heterocycles. The molecule has 10 nitrogen and oxygen atoms in total. The molecular weight excluding hydrogens is 556 g/mol. The van der Waals surface area contributed by atoms with Gasteiger partial charge in [-0.1, -0.05) is 38.2 Å². The number of Topliss-reactive ketones (excluding diaryl/α,β-unsaturated/α-hetero) is 1. The van der Waals surface area contributed by atoms with E-state index in [2.05, 4.69) is 19.0 Å². The third kappa shape index (κ3) is 5.79. The molecule has 8 atom stereocenters. The van der Waals surface area contributed by atoms with Crippen molar-refractivity contribution >= 4 is 22.5 Å². The van der Waals surface area contributed by atoms with E-state index in [9.17, 15) is 35.1 Å². The van der Waals surface area contributed by atoms with E-state index in [1.165, 1.54) is 19.1 Å². The van der Waals surface area contributed by atoms with Crippen LogP contribution >= 0.6 is 0 Å². The SMILES string of the molecule is CCCCC[C@@H]1C[C@@H]2CC#CO[C@H]3[C@H](O)[C@@H](O)[C@H](Oc4cc(C(=O)O)cc5cc(C)c(C(C)=O)c(O)c45)O[C@@H]3[C@@]1(O)CC2. The van der Waals surface area contributed by atoms with Gasteiger partial charge in [-0.2, -0.15) is 0 Å². The number of aliphatic hydroxyl groups is 3. The highest BCUT2D eigenvalue weighted by Gasteiger charge is 2.58. The predicted molar refractivity (Wildman–Crippen MR) is 156 cm³/mol. The second-order valence-corrected chi connectivity index (χ2v) is 12.3. The normalized spacial score (nSPS) is 31.8. The number of aliphatic hydroxyl groups excluding tert-OH is 2. The molecule has 0 unspecified atom stereocenters. The van der Waals surface area contributed by atoms with Crippen LogP contribution in [0.2, 0.25) is 0 Å². The predicted octanol–water partition coefficient (Wildman–Crippen LogP) is 4.06. The first-order valence-electron chi connectivity index (χ1n) is 15.0. The van der Waals surface area contributed by atoms with Crippen LogP contribution in [-0.4, -0.2) is 73.6 Å². The molecular formula is C33H40O10. The Bertz CT molecular complexity index is 1460. The van der Waals surface area contributed by atoms with Gasteiger partial charge >= 0.3 is 5.97 Å². The summed E-state index contributed by atoms with van der Waals surface area (Å²) in [5.74, 6) is 0.915. The molecule has 6 rings (SSSR count). The average molecular weight is 597 g/mol. The standard InChI is InChI=1S/C33H40O10/c1-4-5-6-9-22-14-19-8-7-12-41-29-27(36)28(37)32(43-30(29)33(22,40)11-10-19)42-23-16-21(31(38)39)15-20-13-17(2)24(18(3)34)26(35)25(20)23/h13,15-16,19,22,27-30,32,35-37,40H,4-6,8-11,14H2,1-3H3,(H,38,39)/t19-,22-,27-,28-,29+,30+,32-,33-/m1/s1. The summed E-state index contributed by atoms with van der Waals surface area (Å²) in [4.78, 5) is 24.3. The van der Waals surface area contributed by atoms with Crippen LogP contribution in [0.1, 0.15) is 91.5 Å². The third-order valence-electron chi connectivity index (χ3n) is 9.34. The fourth-order valence-corrected chi connectivity index (χ4v) is 7.10. The quantitative estimate of drug-likeness (QED) is 0.171. The lowest BCUT2D eigenvalue weighted by atomic mass is 9.64. The van der Waals surface area contributed by atoms with Crippen LogP contribution in [0.3, 0.4) is 0 Å². The number of hydrogen-bond donors (Lipinski definition) is 5. The van der Waals surface area contributed by atoms with Gasteiger partial charge in [-0.25, -0.2) is 4.79 Å². The number of benzene rings is 2. The number of carboxylic acids is 1. The Kier molecular flexibility index (Phi) is 8.91. The number of aryl methyl sites for hydroxylation is 1. The summed E-state index contributed by atoms with van der Waals surface area (Å²) in [5.41, 5.74) is -1.08. The van der Waals surface area contributed by atoms with E-state index in [-0.39, 0.29) is 34.1 Å². The Balaban J connectivity index is 1.57. The zero-order valence-corrected chi connectivity index (χ0v) is 24.7. The number of unbranched alkanes of at least 4 members (excludes halogenated alkanes) is 2. The van der Waals surface area contributed by atoms with Gasteiger partial charge in [-0.15, -0.1) is 0 Å². The monoisotopic (exact) mass is 596 g/mol. The lowest BCUT2D eigenvalue weighted by molar-refractivity contribution is -0.316. The van der Waals surface area contributed by atoms with Crippen molar-refractivity contribution in [1.82, 2.24) is 0 Å². The van der Waals surface area contributed by atoms with Crippen molar-refractivity contribution in [3.63, 3.8) is 0 Å². The summed E-state index contributed by atoms with van der Waals surface area (Å²) in [6, 6.07) is 4.09. The number of aromatic carboxylic acids is 1. The Morgan fingerprint density at radius 2 is 1.93 bits per heavy atom. The molecule has 0 spiro atoms. The summed E-state index contributed by atoms with van der Waals surface area (Å²) >= 11 is 0. The topological polar surface area (TPSA) is 163 Å². The maximum absolute atomic E-state index is 12.4. The smallest absolute Gasteiger partial charge is 0.335 e. The van der Waals surface area contributed by atoms with E-state index in [0.717, 1.165) is 32.1 Å². The van der Waals surface area contributed by atoms with Gasteiger partial charge in [-0.3, -0.25) is 4.79 Å². The van der Waals surface area contributed by atoms with Crippen LogP contribution in [-0.2, 0) is 9.47 Å². The molecule has 0 radical (unpaired) electrons. The van der Waals surface area contributed by atoms with Crippen molar-refractivity contribution < 1.29 is 49.3 Å². The summed E-state index contributed by atoms with van der Waals surface area (Å²) in [7, 11) is 0. The molecule has 2 aromatic rings. The second-order valence-electron chi connectivity index (χ2n) is 12.3. The van der Waals surface area contributed by atoms with E-state index in [4.69, 9.17) is 14.2 Å². The molecule has 1 aliphatic carbocycles. The lowest BCUT2D eigenvalue weighted by Gasteiger charge is -2.53. The van der Waals surface area contributed by atoms with Crippen molar-refractivity contribution in [2.45, 2.75) is 108 Å². The minimum atomic E-state index is -1.69. The first-order chi connectivity index (χ1) is 20.5. The van der Waals surface area contributed by atoms with Crippen LogP contribution in [0, 0.1) is 30.8 Å². The first-order valence-corrected chi connectivity index (χ1v) is 15.0. The van der Waals surface area contributed by atoms with Crippen LogP contribution in [0.25, 0.3) is 10.8 Å². The average Bonchev–Trinajstić information content (AvgIpc) is 2.95. The third-order valence-corrected chi connectivity index (χ3v) is 9.34. The summed E-state index contributed by atoms with van der Waals surface area (Å²) < 4.78 is 18.1. The van der Waals surface area contributed by atoms with E-state index in [1.54, 1.807) is 13.0 Å². The Hall–Kier alpha value is -3.36. The van der Waals surface area contributed by atoms with Crippen LogP contribution < -0.4 is 4.74 Å². The molecule has 10 heteroatoms. The van der Waals surface area contributed by atoms with Crippen molar-refractivity contribution in [2.24, 2.45) is 11.8 Å². The lowest BCUT2D eigenvalue weighted by Crippen LogP contribution is -2.68. The van der Waals surface area contributed by atoms with Crippen molar-refractivity contribution in [2.75, 3.05) is 0 Å². The number of hydrogen-bond acceptors (Lipinski definition) is 9. The number of carboxylic acid groups (broad SMARTS) is 1. The highest BCUT2D eigenvalue weighted by atomic mass is 16.7. The highest BCUT2D eigenvalue weighted by Crippen LogP contribution is 2.48. The number of ether oxygens (including phenoxy) is 3. The van der Waals surface area contributed by atoms with Gasteiger partial charge in [0.05, 0.1) is 22.1 Å². The van der Waals surface area contributed by atoms with Crippen molar-refractivity contribution in [1.29, 1.82) is 0 Å². The Morgan fingerprint density at radius 3 is 2.63 bits per heavy atom. The van der Waals surface area contributed by atoms with Crippen LogP contribution in [0.5, 0.6) is 11.5 Å². The number of phenolic OH excluding ortho intramolecular Hbond substituents is 1. The Labute approximate surface area is 250 Å². The molecule has 0 amide bonds. The molecule has 2 bridgehead atoms. The zero-order chi connectivity index (χ0) is 31.1. The summed E-state index contributed by atoms with van der Waals surface area (Å²) in [6.45, 7) is 5.04. The number of aromatic hydroxyl groups is 1. The molecule has 43 heavy (non-hydrogen) atoms. The number of ketones is 1. The number of carbonyl (C=O) groups is 2. The zero-order valence-electron chi connectivity index (χ0n) is 24.7. The number of rotatable bonds is 8. The largest absolute Gasteiger partial charge is 0.506 e. The van der Waals surface area contributed by atoms with Crippen LogP contribution in [0.4, 0.5) is 0 Å². The van der Waals surface area contributed by atoms with E-state index < -0.39 is 53.8 Å². The molecule has 5 N–H and O–H groups in total. The second kappa shape index (κ2) is 12.3. The van der Waals surface area contributed by atoms with Gasteiger partial charge in [-0.05, 0) is 74.4 Å². The Morgan fingerprint density at radius 1 is 1.16 bits per heavy atom. The highest BCUT2D eigenvalue weighted by molar-refractivity contribution is 6.08. The van der Waals surface area contributed by atoms with Gasteiger partial charge in [0.15, 0.2) is 11.9 Å².